The van der Waals surface area contributed by atoms with Crippen molar-refractivity contribution in [1.29, 1.82) is 0 Å². The summed E-state index contributed by atoms with van der Waals surface area (Å²) in [5.41, 5.74) is 0. The van der Waals surface area contributed by atoms with Gasteiger partial charge in [0.05, 0.1) is 6.04 Å². The fourth-order valence-electron chi connectivity index (χ4n) is 2.07. The number of amides is 1. The van der Waals surface area contributed by atoms with Gasteiger partial charge in [-0.3, -0.25) is 9.48 Å². The van der Waals surface area contributed by atoms with Crippen LogP contribution in [0.1, 0.15) is 32.6 Å². The molecule has 17 heavy (non-hydrogen) atoms. The minimum absolute atomic E-state index is 0.0354. The van der Waals surface area contributed by atoms with E-state index in [9.17, 15) is 4.79 Å². The van der Waals surface area contributed by atoms with E-state index in [1.165, 1.54) is 6.42 Å². The summed E-state index contributed by atoms with van der Waals surface area (Å²) in [6.07, 6.45) is 6.28. The maximum atomic E-state index is 12.0. The summed E-state index contributed by atoms with van der Waals surface area (Å²) in [5.74, 6) is 0.677. The van der Waals surface area contributed by atoms with Crippen molar-refractivity contribution in [3.63, 3.8) is 0 Å². The molecule has 5 heteroatoms. The van der Waals surface area contributed by atoms with Crippen LogP contribution in [0, 0.1) is 0 Å². The zero-order chi connectivity index (χ0) is 12.1. The molecule has 0 radical (unpaired) electrons. The summed E-state index contributed by atoms with van der Waals surface area (Å²) >= 11 is 0. The van der Waals surface area contributed by atoms with E-state index in [-0.39, 0.29) is 11.9 Å². The maximum absolute atomic E-state index is 12.0. The summed E-state index contributed by atoms with van der Waals surface area (Å²) in [6.45, 7) is 3.77. The van der Waals surface area contributed by atoms with E-state index in [0.29, 0.717) is 5.82 Å². The number of hydrogen-bond acceptors (Lipinski definition) is 3. The van der Waals surface area contributed by atoms with Crippen molar-refractivity contribution in [1.82, 2.24) is 15.1 Å². The predicted octanol–water partition coefficient (Wildman–Crippen LogP) is 1.37. The first-order valence-electron chi connectivity index (χ1n) is 6.37. The first-order valence-corrected chi connectivity index (χ1v) is 6.37. The van der Waals surface area contributed by atoms with Crippen LogP contribution in [0.3, 0.4) is 0 Å². The number of carbonyl (C=O) groups is 1. The second kappa shape index (κ2) is 5.82. The molecule has 1 amide bonds. The van der Waals surface area contributed by atoms with Crippen LogP contribution in [-0.2, 0) is 11.3 Å². The third-order valence-electron chi connectivity index (χ3n) is 3.09. The van der Waals surface area contributed by atoms with Crippen molar-refractivity contribution in [3.8, 4) is 0 Å². The lowest BCUT2D eigenvalue weighted by Gasteiger charge is -2.14. The number of nitrogens with one attached hydrogen (secondary N) is 2. The summed E-state index contributed by atoms with van der Waals surface area (Å²) < 4.78 is 1.80. The lowest BCUT2D eigenvalue weighted by atomic mass is 10.1. The zero-order valence-corrected chi connectivity index (χ0v) is 10.3. The van der Waals surface area contributed by atoms with Gasteiger partial charge in [-0.15, -0.1) is 0 Å². The van der Waals surface area contributed by atoms with Crippen LogP contribution in [0.25, 0.3) is 0 Å². The Balaban J connectivity index is 1.90. The van der Waals surface area contributed by atoms with Crippen molar-refractivity contribution >= 4 is 11.7 Å². The van der Waals surface area contributed by atoms with E-state index in [2.05, 4.69) is 15.7 Å². The smallest absolute Gasteiger partial charge is 0.242 e. The molecule has 1 saturated heterocycles. The van der Waals surface area contributed by atoms with E-state index >= 15 is 0 Å². The molecule has 2 heterocycles. The Morgan fingerprint density at radius 2 is 2.47 bits per heavy atom. The van der Waals surface area contributed by atoms with Crippen LogP contribution in [-0.4, -0.2) is 28.3 Å². The summed E-state index contributed by atoms with van der Waals surface area (Å²) in [4.78, 5) is 12.0. The first-order chi connectivity index (χ1) is 8.29. The molecule has 0 saturated carbocycles. The van der Waals surface area contributed by atoms with Crippen LogP contribution >= 0.6 is 0 Å². The lowest BCUT2D eigenvalue weighted by Crippen LogP contribution is -2.39. The average Bonchev–Trinajstić information content (AvgIpc) is 2.62. The fourth-order valence-corrected chi connectivity index (χ4v) is 2.07. The van der Waals surface area contributed by atoms with Crippen LogP contribution in [0.2, 0.25) is 0 Å². The molecule has 1 atom stereocenters. The van der Waals surface area contributed by atoms with Crippen molar-refractivity contribution in [2.75, 3.05) is 11.9 Å². The largest absolute Gasteiger partial charge is 0.308 e. The van der Waals surface area contributed by atoms with E-state index in [1.54, 1.807) is 4.68 Å². The number of carbonyl (C=O) groups excluding carboxylic acids is 1. The van der Waals surface area contributed by atoms with Crippen molar-refractivity contribution in [3.05, 3.63) is 12.3 Å². The van der Waals surface area contributed by atoms with E-state index in [4.69, 9.17) is 0 Å². The Kier molecular flexibility index (Phi) is 4.14. The van der Waals surface area contributed by atoms with Gasteiger partial charge in [0.15, 0.2) is 5.82 Å². The quantitative estimate of drug-likeness (QED) is 0.833. The Labute approximate surface area is 102 Å². The number of rotatable bonds is 3. The van der Waals surface area contributed by atoms with Crippen LogP contribution in [0.5, 0.6) is 0 Å². The van der Waals surface area contributed by atoms with Gasteiger partial charge in [-0.1, -0.05) is 12.8 Å². The summed E-state index contributed by atoms with van der Waals surface area (Å²) in [6, 6.07) is 1.77. The Morgan fingerprint density at radius 1 is 1.59 bits per heavy atom. The van der Waals surface area contributed by atoms with Gasteiger partial charge >= 0.3 is 0 Å². The number of anilines is 1. The molecule has 2 N–H and O–H groups in total. The van der Waals surface area contributed by atoms with Gasteiger partial charge in [0.25, 0.3) is 0 Å². The Hall–Kier alpha value is -1.36. The molecule has 2 rings (SSSR count). The second-order valence-electron chi connectivity index (χ2n) is 4.40. The molecule has 1 fully saturated rings. The molecular formula is C12H20N4O. The first kappa shape index (κ1) is 12.1. The van der Waals surface area contributed by atoms with Crippen LogP contribution < -0.4 is 10.6 Å². The van der Waals surface area contributed by atoms with Gasteiger partial charge < -0.3 is 10.6 Å². The van der Waals surface area contributed by atoms with Gasteiger partial charge in [0.1, 0.15) is 0 Å². The minimum atomic E-state index is -0.0655. The number of nitrogens with zero attached hydrogens (tertiary/aromatic N) is 2. The highest BCUT2D eigenvalue weighted by molar-refractivity contribution is 5.93. The number of hydrogen-bond donors (Lipinski definition) is 2. The predicted molar refractivity (Wildman–Crippen MR) is 66.8 cm³/mol. The van der Waals surface area contributed by atoms with Gasteiger partial charge in [-0.25, -0.2) is 0 Å². The lowest BCUT2D eigenvalue weighted by molar-refractivity contribution is -0.118. The Bertz CT molecular complexity index is 366. The minimum Gasteiger partial charge on any atom is -0.308 e. The molecular weight excluding hydrogens is 216 g/mol. The summed E-state index contributed by atoms with van der Waals surface area (Å²) in [7, 11) is 0. The number of aryl methyl sites for hydroxylation is 1. The van der Waals surface area contributed by atoms with Gasteiger partial charge in [0, 0.05) is 18.8 Å². The average molecular weight is 236 g/mol. The molecule has 94 valence electrons. The van der Waals surface area contributed by atoms with Gasteiger partial charge in [-0.05, 0) is 26.3 Å². The SMILES string of the molecule is CCn1ccc(NC(=O)C2CCCCCN2)n1. The fraction of sp³-hybridized carbons (Fsp3) is 0.667. The highest BCUT2D eigenvalue weighted by atomic mass is 16.2. The van der Waals surface area contributed by atoms with Crippen LogP contribution in [0.4, 0.5) is 5.82 Å². The topological polar surface area (TPSA) is 59.0 Å². The van der Waals surface area contributed by atoms with E-state index in [1.807, 2.05) is 19.2 Å². The second-order valence-corrected chi connectivity index (χ2v) is 4.40. The Morgan fingerprint density at radius 3 is 3.24 bits per heavy atom. The summed E-state index contributed by atoms with van der Waals surface area (Å²) in [5, 5.41) is 10.4. The van der Waals surface area contributed by atoms with Crippen molar-refractivity contribution in [2.24, 2.45) is 0 Å². The van der Waals surface area contributed by atoms with Gasteiger partial charge in [-0.2, -0.15) is 5.10 Å². The molecule has 0 aromatic carbocycles. The standard InChI is InChI=1S/C12H20N4O/c1-2-16-9-7-11(15-16)14-12(17)10-6-4-3-5-8-13-10/h7,9-10,13H,2-6,8H2,1H3,(H,14,15,17). The molecule has 1 aliphatic heterocycles. The molecule has 0 bridgehead atoms. The van der Waals surface area contributed by atoms with E-state index < -0.39 is 0 Å². The van der Waals surface area contributed by atoms with Crippen LogP contribution in [0.15, 0.2) is 12.3 Å². The molecule has 0 spiro atoms. The third kappa shape index (κ3) is 3.30. The molecule has 1 unspecified atom stereocenters. The van der Waals surface area contributed by atoms with Crippen molar-refractivity contribution < 1.29 is 4.79 Å². The molecule has 1 aromatic rings. The normalized spacial score (nSPS) is 20.9. The van der Waals surface area contributed by atoms with Gasteiger partial charge in [0.2, 0.25) is 5.91 Å². The monoisotopic (exact) mass is 236 g/mol. The molecule has 1 aliphatic rings. The third-order valence-corrected chi connectivity index (χ3v) is 3.09. The molecule has 5 nitrogen and oxygen atoms in total. The number of aromatic nitrogens is 2. The molecule has 0 aliphatic carbocycles. The van der Waals surface area contributed by atoms with Crippen molar-refractivity contribution in [2.45, 2.75) is 45.2 Å². The molecule has 1 aromatic heterocycles. The van der Waals surface area contributed by atoms with E-state index in [0.717, 1.165) is 32.4 Å². The highest BCUT2D eigenvalue weighted by Crippen LogP contribution is 2.10. The maximum Gasteiger partial charge on any atom is 0.242 e. The zero-order valence-electron chi connectivity index (χ0n) is 10.3. The highest BCUT2D eigenvalue weighted by Gasteiger charge is 2.19.